The van der Waals surface area contributed by atoms with Crippen LogP contribution in [-0.2, 0) is 10.9 Å². The largest absolute Gasteiger partial charge is 0.490 e. The van der Waals surface area contributed by atoms with Crippen LogP contribution in [0.1, 0.15) is 52.0 Å². The van der Waals surface area contributed by atoms with Gasteiger partial charge in [-0.2, -0.15) is 13.2 Å². The molecule has 168 valence electrons. The van der Waals surface area contributed by atoms with Gasteiger partial charge in [-0.3, -0.25) is 4.98 Å². The molecule has 1 fully saturated rings. The van der Waals surface area contributed by atoms with Crippen LogP contribution in [0.2, 0.25) is 0 Å². The second-order valence-electron chi connectivity index (χ2n) is 8.68. The predicted octanol–water partition coefficient (Wildman–Crippen LogP) is 5.98. The van der Waals surface area contributed by atoms with E-state index in [0.29, 0.717) is 37.0 Å². The molecule has 31 heavy (non-hydrogen) atoms. The molecule has 0 saturated heterocycles. The number of aromatic nitrogens is 1. The molecular weight excluding hydrogens is 409 g/mol. The number of amides is 1. The first-order valence-corrected chi connectivity index (χ1v) is 10.3. The van der Waals surface area contributed by atoms with Crippen molar-refractivity contribution in [2.75, 3.05) is 0 Å². The fraction of sp³-hybridized carbons (Fsp3) is 0.478. The van der Waals surface area contributed by atoms with E-state index >= 15 is 0 Å². The molecule has 0 spiro atoms. The van der Waals surface area contributed by atoms with Crippen molar-refractivity contribution in [3.05, 3.63) is 48.3 Å². The van der Waals surface area contributed by atoms with Gasteiger partial charge in [0.2, 0.25) is 0 Å². The Morgan fingerprint density at radius 1 is 1.03 bits per heavy atom. The van der Waals surface area contributed by atoms with Crippen molar-refractivity contribution in [1.29, 1.82) is 0 Å². The summed E-state index contributed by atoms with van der Waals surface area (Å²) in [5.41, 5.74) is -0.776. The van der Waals surface area contributed by atoms with E-state index in [2.05, 4.69) is 10.3 Å². The number of nitrogens with zero attached hydrogens (tertiary/aromatic N) is 1. The molecule has 1 aliphatic rings. The van der Waals surface area contributed by atoms with Gasteiger partial charge in [0.15, 0.2) is 0 Å². The van der Waals surface area contributed by atoms with Gasteiger partial charge in [-0.1, -0.05) is 0 Å². The molecule has 0 radical (unpaired) electrons. The first-order valence-electron chi connectivity index (χ1n) is 10.3. The van der Waals surface area contributed by atoms with Crippen molar-refractivity contribution in [1.82, 2.24) is 10.3 Å². The molecule has 8 heteroatoms. The normalized spacial score (nSPS) is 19.5. The van der Waals surface area contributed by atoms with Gasteiger partial charge in [-0.05, 0) is 87.9 Å². The number of halogens is 3. The number of nitrogens with one attached hydrogen (secondary N) is 1. The second-order valence-corrected chi connectivity index (χ2v) is 8.68. The van der Waals surface area contributed by atoms with Gasteiger partial charge >= 0.3 is 12.3 Å². The lowest BCUT2D eigenvalue weighted by Crippen LogP contribution is -2.42. The van der Waals surface area contributed by atoms with Gasteiger partial charge in [0.25, 0.3) is 0 Å². The Hall–Kier alpha value is -2.77. The van der Waals surface area contributed by atoms with Crippen LogP contribution in [0.15, 0.2) is 42.7 Å². The van der Waals surface area contributed by atoms with E-state index in [9.17, 15) is 18.0 Å². The van der Waals surface area contributed by atoms with Crippen molar-refractivity contribution in [3.63, 3.8) is 0 Å². The van der Waals surface area contributed by atoms with Gasteiger partial charge in [-0.15, -0.1) is 0 Å². The highest BCUT2D eigenvalue weighted by atomic mass is 19.4. The molecule has 0 atom stereocenters. The number of carbonyl (C=O) groups is 1. The predicted molar refractivity (Wildman–Crippen MR) is 111 cm³/mol. The van der Waals surface area contributed by atoms with E-state index in [4.69, 9.17) is 9.47 Å². The number of carbonyl (C=O) groups excluding carboxylic acids is 1. The van der Waals surface area contributed by atoms with Crippen molar-refractivity contribution in [3.8, 4) is 16.9 Å². The fourth-order valence-corrected chi connectivity index (χ4v) is 3.61. The van der Waals surface area contributed by atoms with E-state index < -0.39 is 23.4 Å². The molecule has 0 aliphatic heterocycles. The van der Waals surface area contributed by atoms with Crippen LogP contribution in [0.25, 0.3) is 11.1 Å². The Balaban J connectivity index is 1.64. The molecular formula is C23H27F3N2O3. The number of ether oxygens (including phenoxy) is 2. The number of hydrogen-bond acceptors (Lipinski definition) is 4. The van der Waals surface area contributed by atoms with Gasteiger partial charge in [0, 0.05) is 18.4 Å². The minimum Gasteiger partial charge on any atom is -0.490 e. The third kappa shape index (κ3) is 6.60. The molecule has 0 unspecified atom stereocenters. The van der Waals surface area contributed by atoms with Crippen LogP contribution >= 0.6 is 0 Å². The van der Waals surface area contributed by atoms with Crippen LogP contribution in [0.4, 0.5) is 18.0 Å². The lowest BCUT2D eigenvalue weighted by Gasteiger charge is -2.30. The van der Waals surface area contributed by atoms with Crippen LogP contribution in [0, 0.1) is 0 Å². The maximum absolute atomic E-state index is 13.5. The highest BCUT2D eigenvalue weighted by Crippen LogP contribution is 2.39. The summed E-state index contributed by atoms with van der Waals surface area (Å²) < 4.78 is 51.7. The molecule has 1 saturated carbocycles. The Labute approximate surface area is 180 Å². The quantitative estimate of drug-likeness (QED) is 0.640. The number of benzene rings is 1. The summed E-state index contributed by atoms with van der Waals surface area (Å²) in [6.07, 6.45) is 0.675. The zero-order chi connectivity index (χ0) is 22.6. The molecule has 1 aromatic heterocycles. The summed E-state index contributed by atoms with van der Waals surface area (Å²) in [6.45, 7) is 5.42. The van der Waals surface area contributed by atoms with Crippen molar-refractivity contribution < 1.29 is 27.4 Å². The van der Waals surface area contributed by atoms with Crippen LogP contribution < -0.4 is 10.1 Å². The van der Waals surface area contributed by atoms with Crippen LogP contribution in [0.3, 0.4) is 0 Å². The van der Waals surface area contributed by atoms with Crippen LogP contribution in [-0.4, -0.2) is 28.8 Å². The fourth-order valence-electron chi connectivity index (χ4n) is 3.61. The molecule has 0 bridgehead atoms. The Morgan fingerprint density at radius 3 is 2.26 bits per heavy atom. The lowest BCUT2D eigenvalue weighted by atomic mass is 9.93. The smallest absolute Gasteiger partial charge is 0.417 e. The molecule has 1 heterocycles. The Bertz CT molecular complexity index is 887. The number of alkyl halides is 3. The van der Waals surface area contributed by atoms with E-state index in [1.54, 1.807) is 12.1 Å². The minimum atomic E-state index is -4.47. The molecule has 1 amide bonds. The number of rotatable bonds is 4. The summed E-state index contributed by atoms with van der Waals surface area (Å²) in [7, 11) is 0. The van der Waals surface area contributed by atoms with Gasteiger partial charge < -0.3 is 14.8 Å². The lowest BCUT2D eigenvalue weighted by molar-refractivity contribution is -0.137. The average molecular weight is 436 g/mol. The zero-order valence-corrected chi connectivity index (χ0v) is 17.8. The minimum absolute atomic E-state index is 0.00492. The zero-order valence-electron chi connectivity index (χ0n) is 17.8. The maximum Gasteiger partial charge on any atom is 0.417 e. The summed E-state index contributed by atoms with van der Waals surface area (Å²) >= 11 is 0. The van der Waals surface area contributed by atoms with Gasteiger partial charge in [0.1, 0.15) is 11.4 Å². The van der Waals surface area contributed by atoms with E-state index in [1.807, 2.05) is 20.8 Å². The monoisotopic (exact) mass is 436 g/mol. The van der Waals surface area contributed by atoms with Gasteiger partial charge in [0.05, 0.1) is 11.7 Å². The van der Waals surface area contributed by atoms with Crippen molar-refractivity contribution in [2.45, 2.75) is 70.4 Å². The second kappa shape index (κ2) is 9.16. The molecule has 1 aromatic carbocycles. The highest BCUT2D eigenvalue weighted by Gasteiger charge is 2.34. The molecule has 1 N–H and O–H groups in total. The molecule has 5 nitrogen and oxygen atoms in total. The maximum atomic E-state index is 13.5. The third-order valence-electron chi connectivity index (χ3n) is 4.99. The Morgan fingerprint density at radius 2 is 1.68 bits per heavy atom. The molecule has 2 aromatic rings. The summed E-state index contributed by atoms with van der Waals surface area (Å²) in [5, 5.41) is 2.87. The third-order valence-corrected chi connectivity index (χ3v) is 4.99. The number of hydrogen-bond donors (Lipinski definition) is 1. The average Bonchev–Trinajstić information content (AvgIpc) is 2.68. The first kappa shape index (κ1) is 22.9. The topological polar surface area (TPSA) is 60.5 Å². The Kier molecular flexibility index (Phi) is 6.77. The SMILES string of the molecule is CC(C)(C)OC(=O)N[C@H]1CC[C@H](Oc2ccc(C(F)(F)F)c(-c3ccncc3)c2)CC1. The van der Waals surface area contributed by atoms with Crippen molar-refractivity contribution >= 4 is 6.09 Å². The number of pyridine rings is 1. The number of alkyl carbamates (subject to hydrolysis) is 1. The van der Waals surface area contributed by atoms with E-state index in [-0.39, 0.29) is 17.7 Å². The van der Waals surface area contributed by atoms with E-state index in [1.165, 1.54) is 24.5 Å². The van der Waals surface area contributed by atoms with Crippen molar-refractivity contribution in [2.24, 2.45) is 0 Å². The van der Waals surface area contributed by atoms with Crippen LogP contribution in [0.5, 0.6) is 5.75 Å². The van der Waals surface area contributed by atoms with E-state index in [0.717, 1.165) is 6.07 Å². The highest BCUT2D eigenvalue weighted by molar-refractivity contribution is 5.69. The standard InChI is InChI=1S/C23H27F3N2O3/c1-22(2,3)31-21(29)28-16-4-6-17(7-5-16)30-18-8-9-20(23(24,25)26)19(14-18)15-10-12-27-13-11-15/h8-14,16-17H,4-7H2,1-3H3,(H,28,29)/t16-,17-. The molecule has 3 rings (SSSR count). The first-order chi connectivity index (χ1) is 14.5. The molecule has 1 aliphatic carbocycles. The summed E-state index contributed by atoms with van der Waals surface area (Å²) in [5.74, 6) is 0.392. The van der Waals surface area contributed by atoms with Gasteiger partial charge in [-0.25, -0.2) is 4.79 Å². The summed E-state index contributed by atoms with van der Waals surface area (Å²) in [4.78, 5) is 15.8. The summed E-state index contributed by atoms with van der Waals surface area (Å²) in [6, 6.07) is 6.93.